The molecule has 0 spiro atoms. The summed E-state index contributed by atoms with van der Waals surface area (Å²) in [6, 6.07) is 14.9. The van der Waals surface area contributed by atoms with Crippen LogP contribution in [0.3, 0.4) is 0 Å². The van der Waals surface area contributed by atoms with E-state index in [9.17, 15) is 0 Å². The second-order valence-corrected chi connectivity index (χ2v) is 4.01. The van der Waals surface area contributed by atoms with Crippen molar-refractivity contribution in [3.05, 3.63) is 60.4 Å². The molecule has 0 N–H and O–H groups in total. The molecule has 0 aliphatic rings. The van der Waals surface area contributed by atoms with Gasteiger partial charge in [-0.2, -0.15) is 5.26 Å². The van der Waals surface area contributed by atoms with Gasteiger partial charge in [-0.1, -0.05) is 5.16 Å². The maximum Gasteiger partial charge on any atom is 0.167 e. The van der Waals surface area contributed by atoms with Crippen LogP contribution in [0, 0.1) is 11.3 Å². The number of hydrogen-bond acceptors (Lipinski definition) is 4. The third kappa shape index (κ3) is 2.22. The molecule has 0 saturated carbocycles. The van der Waals surface area contributed by atoms with E-state index >= 15 is 0 Å². The summed E-state index contributed by atoms with van der Waals surface area (Å²) in [5.74, 6) is 0.670. The lowest BCUT2D eigenvalue weighted by atomic mass is 10.1. The summed E-state index contributed by atoms with van der Waals surface area (Å²) in [4.78, 5) is 4.05. The first kappa shape index (κ1) is 11.2. The topological polar surface area (TPSA) is 62.7 Å². The first-order valence-corrected chi connectivity index (χ1v) is 5.74. The van der Waals surface area contributed by atoms with E-state index in [-0.39, 0.29) is 0 Å². The van der Waals surface area contributed by atoms with Gasteiger partial charge in [0.2, 0.25) is 0 Å². The van der Waals surface area contributed by atoms with Crippen molar-refractivity contribution in [2.45, 2.75) is 0 Å². The van der Waals surface area contributed by atoms with Gasteiger partial charge in [-0.05, 0) is 36.4 Å². The molecule has 0 radical (unpaired) electrons. The highest BCUT2D eigenvalue weighted by Crippen LogP contribution is 2.25. The van der Waals surface area contributed by atoms with Gasteiger partial charge in [0.1, 0.15) is 5.69 Å². The second kappa shape index (κ2) is 4.75. The Bertz CT molecular complexity index is 724. The van der Waals surface area contributed by atoms with E-state index in [0.717, 1.165) is 16.8 Å². The predicted octanol–water partition coefficient (Wildman–Crippen LogP) is 3.28. The van der Waals surface area contributed by atoms with Gasteiger partial charge in [0.05, 0.1) is 11.6 Å². The van der Waals surface area contributed by atoms with Crippen LogP contribution in [0.2, 0.25) is 0 Å². The standard InChI is InChI=1S/C15H9N3O/c16-9-11-3-5-12(6-4-11)15-8-14(18-19-15)13-2-1-7-17-10-13/h1-8,10H. The van der Waals surface area contributed by atoms with E-state index in [4.69, 9.17) is 9.78 Å². The van der Waals surface area contributed by atoms with Gasteiger partial charge in [0, 0.05) is 29.6 Å². The number of hydrogen-bond donors (Lipinski definition) is 0. The predicted molar refractivity (Wildman–Crippen MR) is 69.9 cm³/mol. The number of nitrogens with zero attached hydrogens (tertiary/aromatic N) is 3. The lowest BCUT2D eigenvalue weighted by molar-refractivity contribution is 0.435. The van der Waals surface area contributed by atoms with E-state index in [0.29, 0.717) is 11.3 Å². The SMILES string of the molecule is N#Cc1ccc(-c2cc(-c3cccnc3)no2)cc1. The number of rotatable bonds is 2. The van der Waals surface area contributed by atoms with Gasteiger partial charge in [-0.25, -0.2) is 0 Å². The molecule has 4 nitrogen and oxygen atoms in total. The van der Waals surface area contributed by atoms with Crippen LogP contribution < -0.4 is 0 Å². The minimum Gasteiger partial charge on any atom is -0.356 e. The molecule has 3 aromatic rings. The third-order valence-electron chi connectivity index (χ3n) is 2.77. The molecule has 3 rings (SSSR count). The lowest BCUT2D eigenvalue weighted by Gasteiger charge is -1.94. The van der Waals surface area contributed by atoms with E-state index in [1.165, 1.54) is 0 Å². The van der Waals surface area contributed by atoms with Crippen molar-refractivity contribution in [2.75, 3.05) is 0 Å². The average Bonchev–Trinajstić information content (AvgIpc) is 2.98. The number of nitriles is 1. The Kier molecular flexibility index (Phi) is 2.79. The van der Waals surface area contributed by atoms with Crippen LogP contribution in [0.1, 0.15) is 5.56 Å². The van der Waals surface area contributed by atoms with Gasteiger partial charge in [-0.15, -0.1) is 0 Å². The molecule has 0 saturated heterocycles. The van der Waals surface area contributed by atoms with Gasteiger partial charge in [0.25, 0.3) is 0 Å². The minimum atomic E-state index is 0.621. The van der Waals surface area contributed by atoms with Crippen LogP contribution in [0.15, 0.2) is 59.4 Å². The highest BCUT2D eigenvalue weighted by molar-refractivity contribution is 5.66. The molecular formula is C15H9N3O. The quantitative estimate of drug-likeness (QED) is 0.697. The van der Waals surface area contributed by atoms with Crippen molar-refractivity contribution >= 4 is 0 Å². The molecule has 0 aliphatic carbocycles. The summed E-state index contributed by atoms with van der Waals surface area (Å²) in [7, 11) is 0. The average molecular weight is 247 g/mol. The summed E-state index contributed by atoms with van der Waals surface area (Å²) in [6.07, 6.45) is 3.45. The summed E-state index contributed by atoms with van der Waals surface area (Å²) in [5, 5.41) is 12.8. The van der Waals surface area contributed by atoms with Crippen LogP contribution in [0.4, 0.5) is 0 Å². The maximum absolute atomic E-state index is 8.76. The van der Waals surface area contributed by atoms with Crippen LogP contribution >= 0.6 is 0 Å². The first-order valence-electron chi connectivity index (χ1n) is 5.74. The smallest absolute Gasteiger partial charge is 0.167 e. The molecule has 0 bridgehead atoms. The van der Waals surface area contributed by atoms with Crippen molar-refractivity contribution in [1.29, 1.82) is 5.26 Å². The fraction of sp³-hybridized carbons (Fsp3) is 0. The highest BCUT2D eigenvalue weighted by atomic mass is 16.5. The molecule has 4 heteroatoms. The molecule has 1 aromatic carbocycles. The summed E-state index contributed by atoms with van der Waals surface area (Å²) in [6.45, 7) is 0. The van der Waals surface area contributed by atoms with Gasteiger partial charge in [-0.3, -0.25) is 4.98 Å². The van der Waals surface area contributed by atoms with E-state index < -0.39 is 0 Å². The van der Waals surface area contributed by atoms with Gasteiger partial charge < -0.3 is 4.52 Å². The molecule has 0 unspecified atom stereocenters. The zero-order valence-corrected chi connectivity index (χ0v) is 9.95. The Morgan fingerprint density at radius 2 is 1.89 bits per heavy atom. The van der Waals surface area contributed by atoms with Gasteiger partial charge >= 0.3 is 0 Å². The summed E-state index contributed by atoms with van der Waals surface area (Å²) < 4.78 is 5.32. The van der Waals surface area contributed by atoms with Crippen LogP contribution in [0.25, 0.3) is 22.6 Å². The summed E-state index contributed by atoms with van der Waals surface area (Å²) in [5.41, 5.74) is 3.16. The highest BCUT2D eigenvalue weighted by Gasteiger charge is 2.08. The maximum atomic E-state index is 8.76. The van der Waals surface area contributed by atoms with Crippen molar-refractivity contribution < 1.29 is 4.52 Å². The molecule has 0 atom stereocenters. The molecule has 90 valence electrons. The molecule has 0 amide bonds. The Morgan fingerprint density at radius 3 is 2.58 bits per heavy atom. The normalized spacial score (nSPS) is 10.1. The Balaban J connectivity index is 1.95. The monoisotopic (exact) mass is 247 g/mol. The lowest BCUT2D eigenvalue weighted by Crippen LogP contribution is -1.77. The third-order valence-corrected chi connectivity index (χ3v) is 2.77. The van der Waals surface area contributed by atoms with Crippen molar-refractivity contribution in [3.8, 4) is 28.7 Å². The Morgan fingerprint density at radius 1 is 1.05 bits per heavy atom. The van der Waals surface area contributed by atoms with E-state index in [1.54, 1.807) is 24.5 Å². The van der Waals surface area contributed by atoms with Crippen molar-refractivity contribution in [1.82, 2.24) is 10.1 Å². The Labute approximate surface area is 109 Å². The largest absolute Gasteiger partial charge is 0.356 e. The van der Waals surface area contributed by atoms with E-state index in [1.807, 2.05) is 30.3 Å². The minimum absolute atomic E-state index is 0.621. The van der Waals surface area contributed by atoms with Crippen molar-refractivity contribution in [3.63, 3.8) is 0 Å². The van der Waals surface area contributed by atoms with Crippen LogP contribution in [0.5, 0.6) is 0 Å². The second-order valence-electron chi connectivity index (χ2n) is 4.01. The molecule has 2 heterocycles. The molecule has 0 aliphatic heterocycles. The Hall–Kier alpha value is -2.93. The molecule has 2 aromatic heterocycles. The number of benzene rings is 1. The number of aromatic nitrogens is 2. The summed E-state index contributed by atoms with van der Waals surface area (Å²) >= 11 is 0. The first-order chi connectivity index (χ1) is 9.36. The van der Waals surface area contributed by atoms with Crippen molar-refractivity contribution in [2.24, 2.45) is 0 Å². The molecule has 19 heavy (non-hydrogen) atoms. The molecular weight excluding hydrogens is 238 g/mol. The van der Waals surface area contributed by atoms with Crippen LogP contribution in [-0.2, 0) is 0 Å². The fourth-order valence-corrected chi connectivity index (χ4v) is 1.77. The zero-order chi connectivity index (χ0) is 13.1. The fourth-order valence-electron chi connectivity index (χ4n) is 1.77. The molecule has 0 fully saturated rings. The van der Waals surface area contributed by atoms with Crippen LogP contribution in [-0.4, -0.2) is 10.1 Å². The number of pyridine rings is 1. The zero-order valence-electron chi connectivity index (χ0n) is 9.95. The van der Waals surface area contributed by atoms with E-state index in [2.05, 4.69) is 16.2 Å². The van der Waals surface area contributed by atoms with Gasteiger partial charge in [0.15, 0.2) is 5.76 Å².